The van der Waals surface area contributed by atoms with Crippen LogP contribution >= 0.6 is 11.6 Å². The van der Waals surface area contributed by atoms with Crippen molar-refractivity contribution >= 4 is 23.4 Å². The highest BCUT2D eigenvalue weighted by Crippen LogP contribution is 2.22. The number of carbonyl (C=O) groups is 2. The summed E-state index contributed by atoms with van der Waals surface area (Å²) in [6.07, 6.45) is 0. The molecule has 0 fully saturated rings. The highest BCUT2D eigenvalue weighted by Gasteiger charge is 2.17. The van der Waals surface area contributed by atoms with Gasteiger partial charge in [0.2, 0.25) is 0 Å². The van der Waals surface area contributed by atoms with Gasteiger partial charge >= 0.3 is 11.8 Å². The maximum atomic E-state index is 12.3. The van der Waals surface area contributed by atoms with E-state index in [2.05, 4.69) is 46.6 Å². The molecule has 3 rings (SSSR count). The fourth-order valence-corrected chi connectivity index (χ4v) is 3.16. The molecule has 2 aromatic heterocycles. The average molecular weight is 459 g/mol. The van der Waals surface area contributed by atoms with Crippen molar-refractivity contribution in [1.82, 2.24) is 30.6 Å². The van der Waals surface area contributed by atoms with Gasteiger partial charge in [-0.05, 0) is 37.0 Å². The molecule has 170 valence electrons. The topological polar surface area (TPSA) is 115 Å². The van der Waals surface area contributed by atoms with Crippen molar-refractivity contribution < 1.29 is 14.1 Å². The Bertz CT molecular complexity index is 1110. The number of nitrogens with one attached hydrogen (secondary N) is 2. The molecule has 1 aromatic carbocycles. The van der Waals surface area contributed by atoms with Crippen molar-refractivity contribution in [2.45, 2.75) is 46.6 Å². The van der Waals surface area contributed by atoms with Crippen molar-refractivity contribution in [2.24, 2.45) is 0 Å². The summed E-state index contributed by atoms with van der Waals surface area (Å²) in [6.45, 7) is 10.7. The van der Waals surface area contributed by atoms with Crippen LogP contribution in [0.3, 0.4) is 0 Å². The summed E-state index contributed by atoms with van der Waals surface area (Å²) in [6, 6.07) is 7.49. The molecule has 0 saturated carbocycles. The van der Waals surface area contributed by atoms with Gasteiger partial charge in [-0.1, -0.05) is 49.7 Å². The number of carbonyl (C=O) groups excluding carboxylic acids is 2. The van der Waals surface area contributed by atoms with E-state index < -0.39 is 5.91 Å². The average Bonchev–Trinajstić information content (AvgIpc) is 3.31. The first-order chi connectivity index (χ1) is 15.1. The van der Waals surface area contributed by atoms with E-state index in [1.165, 1.54) is 0 Å². The monoisotopic (exact) mass is 458 g/mol. The highest BCUT2D eigenvalue weighted by molar-refractivity contribution is 6.31. The minimum absolute atomic E-state index is 0.0249. The number of nitrogens with zero attached hydrogens (tertiary/aromatic N) is 4. The standard InChI is InChI=1S/C22H27ClN6O3/c1-13-18(23)14(2)29(27-13)12-17-26-21(32-28-17)20(31)25-11-10-24-19(30)15-6-8-16(9-7-15)22(3,4)5/h6-9H,10-12H2,1-5H3,(H,24,30)(H,25,31). The Labute approximate surface area is 191 Å². The molecule has 2 heterocycles. The van der Waals surface area contributed by atoms with Gasteiger partial charge in [0.15, 0.2) is 5.82 Å². The molecule has 2 N–H and O–H groups in total. The van der Waals surface area contributed by atoms with Gasteiger partial charge < -0.3 is 15.2 Å². The first-order valence-electron chi connectivity index (χ1n) is 10.3. The van der Waals surface area contributed by atoms with Crippen LogP contribution in [0.5, 0.6) is 0 Å². The predicted octanol–water partition coefficient (Wildman–Crippen LogP) is 3.04. The first-order valence-corrected chi connectivity index (χ1v) is 10.6. The summed E-state index contributed by atoms with van der Waals surface area (Å²) in [5.74, 6) is -0.566. The van der Waals surface area contributed by atoms with Crippen LogP contribution in [0, 0.1) is 13.8 Å². The summed E-state index contributed by atoms with van der Waals surface area (Å²) < 4.78 is 6.67. The third-order valence-corrected chi connectivity index (χ3v) is 5.50. The number of aromatic nitrogens is 4. The quantitative estimate of drug-likeness (QED) is 0.526. The maximum Gasteiger partial charge on any atom is 0.316 e. The van der Waals surface area contributed by atoms with E-state index in [1.807, 2.05) is 19.1 Å². The molecule has 32 heavy (non-hydrogen) atoms. The third kappa shape index (κ3) is 5.53. The van der Waals surface area contributed by atoms with E-state index in [4.69, 9.17) is 16.1 Å². The Balaban J connectivity index is 1.46. The zero-order valence-corrected chi connectivity index (χ0v) is 19.6. The molecular formula is C22H27ClN6O3. The van der Waals surface area contributed by atoms with Crippen molar-refractivity contribution in [3.05, 3.63) is 63.5 Å². The van der Waals surface area contributed by atoms with E-state index in [1.54, 1.807) is 23.7 Å². The maximum absolute atomic E-state index is 12.3. The molecule has 0 bridgehead atoms. The number of benzene rings is 1. The van der Waals surface area contributed by atoms with Crippen molar-refractivity contribution in [3.8, 4) is 0 Å². The molecule has 0 atom stereocenters. The largest absolute Gasteiger partial charge is 0.350 e. The molecule has 0 saturated heterocycles. The number of rotatable bonds is 7. The van der Waals surface area contributed by atoms with E-state index in [0.717, 1.165) is 11.3 Å². The van der Waals surface area contributed by atoms with Crippen LogP contribution < -0.4 is 10.6 Å². The third-order valence-electron chi connectivity index (χ3n) is 4.96. The lowest BCUT2D eigenvalue weighted by molar-refractivity contribution is 0.0898. The van der Waals surface area contributed by atoms with Crippen LogP contribution in [0.1, 0.15) is 64.6 Å². The summed E-state index contributed by atoms with van der Waals surface area (Å²) >= 11 is 6.14. The number of hydrogen-bond acceptors (Lipinski definition) is 6. The summed E-state index contributed by atoms with van der Waals surface area (Å²) in [4.78, 5) is 28.6. The second-order valence-electron chi connectivity index (χ2n) is 8.50. The lowest BCUT2D eigenvalue weighted by Crippen LogP contribution is -2.34. The molecule has 0 unspecified atom stereocenters. The van der Waals surface area contributed by atoms with E-state index in [0.29, 0.717) is 22.1 Å². The molecule has 0 aliphatic rings. The Hall–Kier alpha value is -3.20. The number of aryl methyl sites for hydroxylation is 1. The van der Waals surface area contributed by atoms with Crippen LogP contribution in [0.15, 0.2) is 28.8 Å². The van der Waals surface area contributed by atoms with Crippen LogP contribution in [0.25, 0.3) is 0 Å². The van der Waals surface area contributed by atoms with E-state index >= 15 is 0 Å². The Morgan fingerprint density at radius 1 is 1.06 bits per heavy atom. The molecule has 0 spiro atoms. The second kappa shape index (κ2) is 9.52. The smallest absolute Gasteiger partial charge is 0.316 e. The van der Waals surface area contributed by atoms with Crippen LogP contribution in [0.2, 0.25) is 5.02 Å². The lowest BCUT2D eigenvalue weighted by atomic mass is 9.87. The number of hydrogen-bond donors (Lipinski definition) is 2. The molecule has 0 radical (unpaired) electrons. The SMILES string of the molecule is Cc1nn(Cc2noc(C(=O)NCCNC(=O)c3ccc(C(C)(C)C)cc3)n2)c(C)c1Cl. The lowest BCUT2D eigenvalue weighted by Gasteiger charge is -2.19. The van der Waals surface area contributed by atoms with E-state index in [-0.39, 0.29) is 36.8 Å². The zero-order chi connectivity index (χ0) is 23.5. The fourth-order valence-electron chi connectivity index (χ4n) is 3.02. The molecule has 9 nitrogen and oxygen atoms in total. The molecular weight excluding hydrogens is 432 g/mol. The van der Waals surface area contributed by atoms with Crippen LogP contribution in [-0.2, 0) is 12.0 Å². The van der Waals surface area contributed by atoms with Gasteiger partial charge in [-0.3, -0.25) is 14.3 Å². The minimum Gasteiger partial charge on any atom is -0.350 e. The van der Waals surface area contributed by atoms with Gasteiger partial charge in [0.25, 0.3) is 5.91 Å². The second-order valence-corrected chi connectivity index (χ2v) is 8.88. The Morgan fingerprint density at radius 2 is 1.69 bits per heavy atom. The van der Waals surface area contributed by atoms with Crippen molar-refractivity contribution in [3.63, 3.8) is 0 Å². The van der Waals surface area contributed by atoms with Crippen molar-refractivity contribution in [2.75, 3.05) is 13.1 Å². The van der Waals surface area contributed by atoms with Gasteiger partial charge in [0.1, 0.15) is 6.54 Å². The van der Waals surface area contributed by atoms with Crippen LogP contribution in [0.4, 0.5) is 0 Å². The van der Waals surface area contributed by atoms with Crippen LogP contribution in [-0.4, -0.2) is 44.8 Å². The Morgan fingerprint density at radius 3 is 2.25 bits per heavy atom. The van der Waals surface area contributed by atoms with Gasteiger partial charge in [0, 0.05) is 18.7 Å². The molecule has 0 aliphatic carbocycles. The normalized spacial score (nSPS) is 11.4. The van der Waals surface area contributed by atoms with Crippen molar-refractivity contribution in [1.29, 1.82) is 0 Å². The molecule has 3 aromatic rings. The van der Waals surface area contributed by atoms with Gasteiger partial charge in [-0.25, -0.2) is 0 Å². The first kappa shape index (κ1) is 23.5. The van der Waals surface area contributed by atoms with Gasteiger partial charge in [0.05, 0.1) is 16.4 Å². The number of halogens is 1. The molecule has 0 aliphatic heterocycles. The predicted molar refractivity (Wildman–Crippen MR) is 120 cm³/mol. The van der Waals surface area contributed by atoms with Gasteiger partial charge in [-0.15, -0.1) is 0 Å². The van der Waals surface area contributed by atoms with Gasteiger partial charge in [-0.2, -0.15) is 10.1 Å². The molecule has 2 amide bonds. The highest BCUT2D eigenvalue weighted by atomic mass is 35.5. The van der Waals surface area contributed by atoms with E-state index in [9.17, 15) is 9.59 Å². The zero-order valence-electron chi connectivity index (χ0n) is 18.8. The summed E-state index contributed by atoms with van der Waals surface area (Å²) in [7, 11) is 0. The fraction of sp³-hybridized carbons (Fsp3) is 0.409. The summed E-state index contributed by atoms with van der Waals surface area (Å²) in [5, 5.41) is 14.1. The number of amides is 2. The summed E-state index contributed by atoms with van der Waals surface area (Å²) in [5.41, 5.74) is 3.23. The Kier molecular flexibility index (Phi) is 6.98. The minimum atomic E-state index is -0.515. The molecule has 10 heteroatoms.